The van der Waals surface area contributed by atoms with Crippen molar-refractivity contribution in [2.75, 3.05) is 13.7 Å². The highest BCUT2D eigenvalue weighted by Gasteiger charge is 2.50. The predicted octanol–water partition coefficient (Wildman–Crippen LogP) is -0.207. The predicted molar refractivity (Wildman–Crippen MR) is 133 cm³/mol. The van der Waals surface area contributed by atoms with Crippen LogP contribution in [0, 0.1) is 0 Å². The Morgan fingerprint density at radius 3 is 2.49 bits per heavy atom. The lowest BCUT2D eigenvalue weighted by Crippen LogP contribution is -2.53. The number of carbonyl (C=O) groups excluding carboxylic acids is 2. The molecule has 12 heteroatoms. The Bertz CT molecular complexity index is 1330. The van der Waals surface area contributed by atoms with Crippen LogP contribution in [0.25, 0.3) is 0 Å². The van der Waals surface area contributed by atoms with Crippen LogP contribution in [0.2, 0.25) is 0 Å². The van der Waals surface area contributed by atoms with E-state index >= 15 is 0 Å². The molecule has 2 aromatic rings. The van der Waals surface area contributed by atoms with E-state index < -0.39 is 89.6 Å². The fourth-order valence-electron chi connectivity index (χ4n) is 5.84. The molecule has 2 aromatic carbocycles. The summed E-state index contributed by atoms with van der Waals surface area (Å²) in [5, 5.41) is 64.4. The first-order chi connectivity index (χ1) is 18.4. The van der Waals surface area contributed by atoms with Crippen LogP contribution in [0.15, 0.2) is 18.2 Å². The topological polar surface area (TPSA) is 209 Å². The van der Waals surface area contributed by atoms with Gasteiger partial charge >= 0.3 is 0 Å². The summed E-state index contributed by atoms with van der Waals surface area (Å²) < 4.78 is 17.1. The zero-order valence-electron chi connectivity index (χ0n) is 21.3. The fourth-order valence-corrected chi connectivity index (χ4v) is 5.84. The Hall–Kier alpha value is -3.10. The molecule has 0 amide bonds. The summed E-state index contributed by atoms with van der Waals surface area (Å²) in [5.74, 6) is -2.68. The van der Waals surface area contributed by atoms with Gasteiger partial charge in [-0.2, -0.15) is 0 Å². The summed E-state index contributed by atoms with van der Waals surface area (Å²) in [6.45, 7) is 0.768. The summed E-state index contributed by atoms with van der Waals surface area (Å²) in [6.07, 6.45) is -6.45. The average molecular weight is 546 g/mol. The minimum atomic E-state index is -2.05. The normalized spacial score (nSPS) is 30.8. The number of ketones is 2. The molecule has 210 valence electrons. The lowest BCUT2D eigenvalue weighted by Gasteiger charge is -2.44. The average Bonchev–Trinajstić information content (AvgIpc) is 2.90. The van der Waals surface area contributed by atoms with Gasteiger partial charge in [0.1, 0.15) is 23.4 Å². The van der Waals surface area contributed by atoms with E-state index in [0.717, 1.165) is 0 Å². The molecule has 3 aliphatic rings. The Morgan fingerprint density at radius 1 is 1.15 bits per heavy atom. The van der Waals surface area contributed by atoms with Gasteiger partial charge in [0.05, 0.1) is 54.3 Å². The van der Waals surface area contributed by atoms with Crippen molar-refractivity contribution in [1.82, 2.24) is 0 Å². The van der Waals surface area contributed by atoms with Gasteiger partial charge in [-0.25, -0.2) is 0 Å². The van der Waals surface area contributed by atoms with Gasteiger partial charge in [-0.15, -0.1) is 0 Å². The number of hydrogen-bond acceptors (Lipinski definition) is 12. The van der Waals surface area contributed by atoms with Crippen molar-refractivity contribution < 1.29 is 54.4 Å². The number of phenolic OH excluding ortho intramolecular Hbond substituents is 2. The van der Waals surface area contributed by atoms with Crippen LogP contribution in [0.4, 0.5) is 0 Å². The molecule has 0 aromatic heterocycles. The second-order valence-electron chi connectivity index (χ2n) is 10.3. The molecule has 2 aliphatic carbocycles. The molecule has 12 nitrogen and oxygen atoms in total. The summed E-state index contributed by atoms with van der Waals surface area (Å²) in [6, 6.07) is 3.69. The van der Waals surface area contributed by atoms with Gasteiger partial charge in [-0.1, -0.05) is 12.1 Å². The number of methoxy groups -OCH3 is 1. The third-order valence-electron chi connectivity index (χ3n) is 7.97. The highest BCUT2D eigenvalue weighted by Crippen LogP contribution is 2.52. The van der Waals surface area contributed by atoms with E-state index in [-0.39, 0.29) is 40.8 Å². The zero-order chi connectivity index (χ0) is 28.4. The minimum Gasteiger partial charge on any atom is -0.507 e. The van der Waals surface area contributed by atoms with Crippen molar-refractivity contribution in [2.45, 2.75) is 68.5 Å². The number of aliphatic hydroxyl groups excluding tert-OH is 3. The Kier molecular flexibility index (Phi) is 6.92. The lowest BCUT2D eigenvalue weighted by molar-refractivity contribution is -0.251. The van der Waals surface area contributed by atoms with Crippen molar-refractivity contribution in [3.05, 3.63) is 51.6 Å². The number of nitrogens with two attached hydrogens (primary N) is 1. The van der Waals surface area contributed by atoms with Crippen LogP contribution < -0.4 is 10.5 Å². The van der Waals surface area contributed by atoms with E-state index in [2.05, 4.69) is 0 Å². The van der Waals surface area contributed by atoms with Gasteiger partial charge in [0.15, 0.2) is 12.1 Å². The highest BCUT2D eigenvalue weighted by molar-refractivity contribution is 6.31. The fraction of sp³-hybridized carbons (Fsp3) is 0.481. The summed E-state index contributed by atoms with van der Waals surface area (Å²) in [4.78, 5) is 27.2. The highest BCUT2D eigenvalue weighted by atomic mass is 16.7. The quantitative estimate of drug-likeness (QED) is 0.208. The SMILES string of the molecule is COc1cccc2c1C(=O)c1c(O)c3c(c(O)c1C2=O)C[C@@](O)([C@@H](O)CO)C[C@@H]3O[C@@H]1C[C@H](N)[C@@H](O)[C@H](C)O1. The molecule has 1 saturated heterocycles. The Labute approximate surface area is 223 Å². The van der Waals surface area contributed by atoms with Gasteiger partial charge in [0.25, 0.3) is 0 Å². The Morgan fingerprint density at radius 2 is 1.85 bits per heavy atom. The van der Waals surface area contributed by atoms with E-state index in [1.165, 1.54) is 25.3 Å². The van der Waals surface area contributed by atoms with Crippen LogP contribution in [0.5, 0.6) is 17.2 Å². The Balaban J connectivity index is 1.68. The summed E-state index contributed by atoms with van der Waals surface area (Å²) >= 11 is 0. The number of fused-ring (bicyclic) bond motifs is 3. The van der Waals surface area contributed by atoms with Crippen molar-refractivity contribution in [3.8, 4) is 17.2 Å². The standard InChI is InChI=1S/C27H31NO11/c1-10-22(31)13(28)6-17(38-10)39-15-8-27(36,16(30)9-29)7-12-19(15)26(35)21-20(24(12)33)23(32)11-4-3-5-14(37-2)18(11)25(21)34/h3-5,10,13,15-17,22,29-31,33,35-36H,6-9,28H2,1-2H3/t10-,13-,15-,16-,17+,22-,27-/m0/s1. The second kappa shape index (κ2) is 9.82. The van der Waals surface area contributed by atoms with Crippen LogP contribution >= 0.6 is 0 Å². The second-order valence-corrected chi connectivity index (χ2v) is 10.3. The molecule has 0 spiro atoms. The number of benzene rings is 2. The van der Waals surface area contributed by atoms with Crippen LogP contribution in [-0.2, 0) is 15.9 Å². The van der Waals surface area contributed by atoms with Crippen LogP contribution in [0.3, 0.4) is 0 Å². The monoisotopic (exact) mass is 545 g/mol. The van der Waals surface area contributed by atoms with Crippen molar-refractivity contribution in [3.63, 3.8) is 0 Å². The number of hydrogen-bond donors (Lipinski definition) is 7. The molecule has 5 rings (SSSR count). The minimum absolute atomic E-state index is 0.0343. The maximum absolute atomic E-state index is 13.7. The van der Waals surface area contributed by atoms with E-state index in [1.54, 1.807) is 6.92 Å². The molecule has 0 radical (unpaired) electrons. The molecular weight excluding hydrogens is 514 g/mol. The molecular formula is C27H31NO11. The van der Waals surface area contributed by atoms with Gasteiger partial charge < -0.3 is 50.6 Å². The largest absolute Gasteiger partial charge is 0.507 e. The number of carbonyl (C=O) groups is 2. The number of ether oxygens (including phenoxy) is 3. The van der Waals surface area contributed by atoms with E-state index in [1.807, 2.05) is 0 Å². The van der Waals surface area contributed by atoms with Gasteiger partial charge in [0, 0.05) is 42.0 Å². The van der Waals surface area contributed by atoms with Crippen LogP contribution in [0.1, 0.15) is 68.8 Å². The molecule has 1 heterocycles. The lowest BCUT2D eigenvalue weighted by atomic mass is 9.71. The third kappa shape index (κ3) is 4.19. The van der Waals surface area contributed by atoms with E-state index in [4.69, 9.17) is 19.9 Å². The van der Waals surface area contributed by atoms with E-state index in [0.29, 0.717) is 0 Å². The third-order valence-corrected chi connectivity index (χ3v) is 7.97. The number of rotatable bonds is 5. The van der Waals surface area contributed by atoms with E-state index in [9.17, 15) is 40.2 Å². The maximum atomic E-state index is 13.7. The number of aliphatic hydroxyl groups is 4. The summed E-state index contributed by atoms with van der Waals surface area (Å²) in [5.41, 5.74) is 2.77. The molecule has 0 saturated carbocycles. The molecule has 1 aliphatic heterocycles. The van der Waals surface area contributed by atoms with Crippen LogP contribution in [-0.4, -0.2) is 92.2 Å². The molecule has 0 bridgehead atoms. The first-order valence-electron chi connectivity index (χ1n) is 12.6. The van der Waals surface area contributed by atoms with Gasteiger partial charge in [-0.3, -0.25) is 9.59 Å². The van der Waals surface area contributed by atoms with Crippen molar-refractivity contribution in [1.29, 1.82) is 0 Å². The van der Waals surface area contributed by atoms with Gasteiger partial charge in [0.2, 0.25) is 5.78 Å². The first-order valence-corrected chi connectivity index (χ1v) is 12.6. The summed E-state index contributed by atoms with van der Waals surface area (Å²) in [7, 11) is 1.33. The van der Waals surface area contributed by atoms with Crippen molar-refractivity contribution in [2.24, 2.45) is 5.73 Å². The van der Waals surface area contributed by atoms with Gasteiger partial charge in [-0.05, 0) is 13.0 Å². The number of aromatic hydroxyl groups is 2. The zero-order valence-corrected chi connectivity index (χ0v) is 21.3. The first kappa shape index (κ1) is 27.5. The van der Waals surface area contributed by atoms with Crippen molar-refractivity contribution >= 4 is 11.6 Å². The molecule has 0 unspecified atom stereocenters. The smallest absolute Gasteiger partial charge is 0.202 e. The maximum Gasteiger partial charge on any atom is 0.202 e. The molecule has 39 heavy (non-hydrogen) atoms. The molecule has 1 fully saturated rings. The molecule has 7 atom stereocenters. The number of phenols is 2. The molecule has 8 N–H and O–H groups in total.